The van der Waals surface area contributed by atoms with E-state index < -0.39 is 17.9 Å². The summed E-state index contributed by atoms with van der Waals surface area (Å²) < 4.78 is 38.3. The number of allylic oxidation sites excluding steroid dienone is 2. The summed E-state index contributed by atoms with van der Waals surface area (Å²) in [5.41, 5.74) is 5.95. The number of nitrogens with zero attached hydrogens (tertiary/aromatic N) is 2. The van der Waals surface area contributed by atoms with E-state index in [1.165, 1.54) is 6.08 Å². The first-order valence-electron chi connectivity index (χ1n) is 8.71. The van der Waals surface area contributed by atoms with Gasteiger partial charge in [0.2, 0.25) is 0 Å². The molecular formula is C19H22F3N5. The fourth-order valence-corrected chi connectivity index (χ4v) is 3.05. The number of benzene rings is 1. The van der Waals surface area contributed by atoms with E-state index in [2.05, 4.69) is 15.6 Å². The van der Waals surface area contributed by atoms with E-state index in [9.17, 15) is 13.2 Å². The van der Waals surface area contributed by atoms with Gasteiger partial charge in [-0.25, -0.2) is 4.98 Å². The molecule has 1 saturated heterocycles. The lowest BCUT2D eigenvalue weighted by molar-refractivity contribution is -0.103. The topological polar surface area (TPSA) is 66.2 Å². The highest BCUT2D eigenvalue weighted by Gasteiger charge is 2.41. The van der Waals surface area contributed by atoms with Crippen LogP contribution in [0.1, 0.15) is 0 Å². The van der Waals surface area contributed by atoms with Gasteiger partial charge in [-0.3, -0.25) is 4.90 Å². The molecule has 1 aromatic carbocycles. The minimum absolute atomic E-state index is 0.517. The Morgan fingerprint density at radius 2 is 1.81 bits per heavy atom. The van der Waals surface area contributed by atoms with Crippen molar-refractivity contribution in [2.75, 3.05) is 31.9 Å². The Morgan fingerprint density at radius 1 is 1.07 bits per heavy atom. The Bertz CT molecular complexity index is 825. The van der Waals surface area contributed by atoms with Gasteiger partial charge in [0.25, 0.3) is 0 Å². The van der Waals surface area contributed by atoms with E-state index >= 15 is 0 Å². The molecule has 3 heterocycles. The fraction of sp³-hybridized carbons (Fsp3) is 0.316. The van der Waals surface area contributed by atoms with Crippen LogP contribution < -0.4 is 16.4 Å². The van der Waals surface area contributed by atoms with Gasteiger partial charge in [0.1, 0.15) is 12.0 Å². The summed E-state index contributed by atoms with van der Waals surface area (Å²) in [6.45, 7) is 2.71. The van der Waals surface area contributed by atoms with Crippen molar-refractivity contribution < 1.29 is 13.2 Å². The molecule has 5 nitrogen and oxygen atoms in total. The number of rotatable bonds is 1. The van der Waals surface area contributed by atoms with Crippen LogP contribution in [0, 0.1) is 0 Å². The number of para-hydroxylation sites is 1. The molecule has 1 atom stereocenters. The highest BCUT2D eigenvalue weighted by atomic mass is 19.4. The number of pyridine rings is 1. The first-order valence-corrected chi connectivity index (χ1v) is 8.71. The van der Waals surface area contributed by atoms with Crippen LogP contribution in [0.5, 0.6) is 0 Å². The Labute approximate surface area is 155 Å². The lowest BCUT2D eigenvalue weighted by Gasteiger charge is -2.37. The average Bonchev–Trinajstić information content (AvgIpc) is 2.68. The molecule has 1 aromatic heterocycles. The summed E-state index contributed by atoms with van der Waals surface area (Å²) in [4.78, 5) is 5.96. The predicted molar refractivity (Wildman–Crippen MR) is 101 cm³/mol. The second kappa shape index (κ2) is 8.41. The molecular weight excluding hydrogens is 355 g/mol. The zero-order valence-electron chi connectivity index (χ0n) is 14.7. The van der Waals surface area contributed by atoms with Crippen molar-refractivity contribution in [3.63, 3.8) is 0 Å². The zero-order valence-corrected chi connectivity index (χ0v) is 14.7. The molecule has 0 bridgehead atoms. The number of nitrogen functional groups attached to an aromatic ring is 1. The van der Waals surface area contributed by atoms with Gasteiger partial charge < -0.3 is 16.4 Å². The van der Waals surface area contributed by atoms with E-state index in [0.29, 0.717) is 18.9 Å². The van der Waals surface area contributed by atoms with Crippen LogP contribution in [0.2, 0.25) is 0 Å². The van der Waals surface area contributed by atoms with Gasteiger partial charge in [0.05, 0.1) is 11.1 Å². The zero-order chi connectivity index (χ0) is 19.3. The molecule has 0 saturated carbocycles. The van der Waals surface area contributed by atoms with Crippen molar-refractivity contribution >= 4 is 16.7 Å². The number of nitrogens with one attached hydrogen (secondary N) is 2. The fourth-order valence-electron chi connectivity index (χ4n) is 3.05. The lowest BCUT2D eigenvalue weighted by atomic mass is 10.1. The molecule has 2 aliphatic rings. The maximum atomic E-state index is 12.8. The SMILES string of the molecule is FC(F)(F)C1=CC=CNC1N1CCNCC1.Nc1ccc2ccccc2n1. The van der Waals surface area contributed by atoms with Crippen LogP contribution in [0.4, 0.5) is 19.0 Å². The van der Waals surface area contributed by atoms with Crippen molar-refractivity contribution in [1.29, 1.82) is 0 Å². The Kier molecular flexibility index (Phi) is 5.98. The number of fused-ring (bicyclic) bond motifs is 1. The summed E-state index contributed by atoms with van der Waals surface area (Å²) in [5, 5.41) is 7.02. The van der Waals surface area contributed by atoms with Crippen molar-refractivity contribution in [2.24, 2.45) is 0 Å². The average molecular weight is 377 g/mol. The van der Waals surface area contributed by atoms with Gasteiger partial charge in [-0.2, -0.15) is 13.2 Å². The molecule has 2 aliphatic heterocycles. The second-order valence-electron chi connectivity index (χ2n) is 6.26. The number of aromatic nitrogens is 1. The van der Waals surface area contributed by atoms with Crippen molar-refractivity contribution in [2.45, 2.75) is 12.3 Å². The Hall–Kier alpha value is -2.58. The minimum atomic E-state index is -4.27. The predicted octanol–water partition coefficient (Wildman–Crippen LogP) is 2.64. The quantitative estimate of drug-likeness (QED) is 0.713. The molecule has 4 N–H and O–H groups in total. The highest BCUT2D eigenvalue weighted by Crippen LogP contribution is 2.31. The van der Waals surface area contributed by atoms with Crippen molar-refractivity contribution in [1.82, 2.24) is 20.5 Å². The maximum absolute atomic E-state index is 12.8. The molecule has 0 aliphatic carbocycles. The summed E-state index contributed by atoms with van der Waals surface area (Å²) in [6, 6.07) is 11.7. The summed E-state index contributed by atoms with van der Waals surface area (Å²) in [7, 11) is 0. The number of nitrogens with two attached hydrogens (primary N) is 1. The van der Waals surface area contributed by atoms with Crippen LogP contribution in [0.3, 0.4) is 0 Å². The summed E-state index contributed by atoms with van der Waals surface area (Å²) in [5.74, 6) is 0.573. The molecule has 8 heteroatoms. The number of dihydropyridines is 1. The van der Waals surface area contributed by atoms with Crippen LogP contribution >= 0.6 is 0 Å². The van der Waals surface area contributed by atoms with Gasteiger partial charge in [-0.05, 0) is 36.6 Å². The number of halogens is 3. The van der Waals surface area contributed by atoms with Crippen molar-refractivity contribution in [3.8, 4) is 0 Å². The molecule has 1 fully saturated rings. The third-order valence-corrected chi connectivity index (χ3v) is 4.38. The number of hydrogen-bond acceptors (Lipinski definition) is 5. The highest BCUT2D eigenvalue weighted by molar-refractivity contribution is 5.79. The second-order valence-corrected chi connectivity index (χ2v) is 6.26. The third-order valence-electron chi connectivity index (χ3n) is 4.38. The number of anilines is 1. The van der Waals surface area contributed by atoms with Crippen LogP contribution in [0.25, 0.3) is 10.9 Å². The lowest BCUT2D eigenvalue weighted by Crippen LogP contribution is -2.55. The van der Waals surface area contributed by atoms with Gasteiger partial charge in [0.15, 0.2) is 0 Å². The number of alkyl halides is 3. The first kappa shape index (κ1) is 19.2. The Morgan fingerprint density at radius 3 is 2.56 bits per heavy atom. The molecule has 4 rings (SSSR count). The van der Waals surface area contributed by atoms with E-state index in [1.807, 2.05) is 36.4 Å². The summed E-state index contributed by atoms with van der Waals surface area (Å²) >= 11 is 0. The maximum Gasteiger partial charge on any atom is 0.415 e. The molecule has 1 unspecified atom stereocenters. The molecule has 0 spiro atoms. The minimum Gasteiger partial charge on any atom is -0.384 e. The van der Waals surface area contributed by atoms with Crippen LogP contribution in [-0.2, 0) is 0 Å². The van der Waals surface area contributed by atoms with Crippen LogP contribution in [-0.4, -0.2) is 48.4 Å². The Balaban J connectivity index is 0.000000166. The van der Waals surface area contributed by atoms with Crippen LogP contribution in [0.15, 0.2) is 60.3 Å². The molecule has 144 valence electrons. The largest absolute Gasteiger partial charge is 0.415 e. The smallest absolute Gasteiger partial charge is 0.384 e. The van der Waals surface area contributed by atoms with E-state index in [-0.39, 0.29) is 0 Å². The van der Waals surface area contributed by atoms with E-state index in [4.69, 9.17) is 5.73 Å². The van der Waals surface area contributed by atoms with Gasteiger partial charge in [-0.15, -0.1) is 0 Å². The molecule has 0 radical (unpaired) electrons. The number of hydrogen-bond donors (Lipinski definition) is 3. The van der Waals surface area contributed by atoms with Gasteiger partial charge in [0, 0.05) is 31.6 Å². The van der Waals surface area contributed by atoms with Gasteiger partial charge >= 0.3 is 6.18 Å². The monoisotopic (exact) mass is 377 g/mol. The number of piperazine rings is 1. The molecule has 0 amide bonds. The first-order chi connectivity index (χ1) is 12.9. The summed E-state index contributed by atoms with van der Waals surface area (Å²) in [6.07, 6.45) is -0.924. The third kappa shape index (κ3) is 4.99. The van der Waals surface area contributed by atoms with Gasteiger partial charge in [-0.1, -0.05) is 18.2 Å². The standard InChI is InChI=1S/C10H14F3N3.C9H8N2/c11-10(12,13)8-2-1-3-15-9(8)16-6-4-14-5-7-16;10-9-6-5-7-3-1-2-4-8(7)11-9/h1-3,9,14-15H,4-7H2;1-6H,(H2,10,11). The van der Waals surface area contributed by atoms with E-state index in [1.54, 1.807) is 11.1 Å². The normalized spacial score (nSPS) is 20.4. The van der Waals surface area contributed by atoms with Crippen molar-refractivity contribution in [3.05, 3.63) is 60.3 Å². The molecule has 27 heavy (non-hydrogen) atoms. The van der Waals surface area contributed by atoms with E-state index in [0.717, 1.165) is 30.1 Å². The molecule has 2 aromatic rings.